The van der Waals surface area contributed by atoms with Gasteiger partial charge in [-0.2, -0.15) is 0 Å². The SMILES string of the molecule is CCOC(=O)C1=C(CN2CCN(c3ccc(C)cc3C)CC2)NC(=O)NC1c1cccc(OC)c1OC. The molecule has 2 aliphatic heterocycles. The molecule has 0 spiro atoms. The van der Waals surface area contributed by atoms with Crippen LogP contribution in [0.5, 0.6) is 11.5 Å². The zero-order valence-electron chi connectivity index (χ0n) is 22.2. The van der Waals surface area contributed by atoms with E-state index in [1.54, 1.807) is 26.2 Å². The molecule has 1 unspecified atom stereocenters. The van der Waals surface area contributed by atoms with Crippen molar-refractivity contribution in [1.82, 2.24) is 15.5 Å². The molecule has 0 radical (unpaired) electrons. The van der Waals surface area contributed by atoms with E-state index in [0.717, 1.165) is 26.2 Å². The van der Waals surface area contributed by atoms with Gasteiger partial charge in [-0.25, -0.2) is 9.59 Å². The number of nitrogens with zero attached hydrogens (tertiary/aromatic N) is 2. The van der Waals surface area contributed by atoms with E-state index < -0.39 is 12.0 Å². The van der Waals surface area contributed by atoms with E-state index in [4.69, 9.17) is 14.2 Å². The van der Waals surface area contributed by atoms with E-state index in [1.165, 1.54) is 23.9 Å². The minimum atomic E-state index is -0.746. The average molecular weight is 509 g/mol. The molecule has 2 aromatic carbocycles. The van der Waals surface area contributed by atoms with Crippen molar-refractivity contribution >= 4 is 17.7 Å². The van der Waals surface area contributed by atoms with Crippen LogP contribution in [0.15, 0.2) is 47.7 Å². The summed E-state index contributed by atoms with van der Waals surface area (Å²) in [5.41, 5.74) is 5.29. The van der Waals surface area contributed by atoms with Crippen molar-refractivity contribution in [2.24, 2.45) is 0 Å². The highest BCUT2D eigenvalue weighted by atomic mass is 16.5. The average Bonchev–Trinajstić information content (AvgIpc) is 2.88. The zero-order chi connectivity index (χ0) is 26.5. The Kier molecular flexibility index (Phi) is 8.23. The number of anilines is 1. The predicted molar refractivity (Wildman–Crippen MR) is 142 cm³/mol. The molecule has 1 fully saturated rings. The lowest BCUT2D eigenvalue weighted by molar-refractivity contribution is -0.139. The number of rotatable bonds is 8. The highest BCUT2D eigenvalue weighted by Gasteiger charge is 2.36. The molecule has 2 amide bonds. The number of benzene rings is 2. The Labute approximate surface area is 218 Å². The normalized spacial score (nSPS) is 18.2. The largest absolute Gasteiger partial charge is 0.493 e. The van der Waals surface area contributed by atoms with Crippen molar-refractivity contribution in [1.29, 1.82) is 0 Å². The molecule has 0 saturated carbocycles. The van der Waals surface area contributed by atoms with Crippen molar-refractivity contribution in [2.45, 2.75) is 26.8 Å². The van der Waals surface area contributed by atoms with Gasteiger partial charge in [0.15, 0.2) is 11.5 Å². The molecule has 2 heterocycles. The molecule has 4 rings (SSSR count). The highest BCUT2D eigenvalue weighted by Crippen LogP contribution is 2.39. The molecule has 2 aliphatic rings. The van der Waals surface area contributed by atoms with Crippen LogP contribution in [0.1, 0.15) is 29.7 Å². The van der Waals surface area contributed by atoms with E-state index in [0.29, 0.717) is 34.9 Å². The van der Waals surface area contributed by atoms with Crippen molar-refractivity contribution in [3.8, 4) is 11.5 Å². The maximum atomic E-state index is 13.2. The summed E-state index contributed by atoms with van der Waals surface area (Å²) in [5, 5.41) is 5.76. The van der Waals surface area contributed by atoms with Crippen LogP contribution in [0.4, 0.5) is 10.5 Å². The van der Waals surface area contributed by atoms with Crippen LogP contribution in [-0.4, -0.2) is 70.5 Å². The van der Waals surface area contributed by atoms with Gasteiger partial charge in [0.1, 0.15) is 0 Å². The van der Waals surface area contributed by atoms with Gasteiger partial charge >= 0.3 is 12.0 Å². The number of nitrogens with one attached hydrogen (secondary N) is 2. The van der Waals surface area contributed by atoms with E-state index in [9.17, 15) is 9.59 Å². The summed E-state index contributed by atoms with van der Waals surface area (Å²) in [4.78, 5) is 30.6. The first-order chi connectivity index (χ1) is 17.9. The minimum Gasteiger partial charge on any atom is -0.493 e. The number of carbonyl (C=O) groups excluding carboxylic acids is 2. The summed E-state index contributed by atoms with van der Waals surface area (Å²) in [6.45, 7) is 9.95. The topological polar surface area (TPSA) is 92.4 Å². The van der Waals surface area contributed by atoms with Gasteiger partial charge in [-0.1, -0.05) is 29.8 Å². The van der Waals surface area contributed by atoms with E-state index >= 15 is 0 Å². The Bertz CT molecular complexity index is 1190. The van der Waals surface area contributed by atoms with Gasteiger partial charge in [0, 0.05) is 49.7 Å². The number of ether oxygens (including phenoxy) is 3. The van der Waals surface area contributed by atoms with Crippen LogP contribution < -0.4 is 25.0 Å². The van der Waals surface area contributed by atoms with Gasteiger partial charge in [0.05, 0.1) is 32.4 Å². The number of piperazine rings is 1. The van der Waals surface area contributed by atoms with Crippen LogP contribution >= 0.6 is 0 Å². The quantitative estimate of drug-likeness (QED) is 0.529. The fourth-order valence-corrected chi connectivity index (χ4v) is 5.10. The third kappa shape index (κ3) is 5.67. The standard InChI is InChI=1S/C28H36N4O5/c1-6-37-27(33)24-21(17-31-12-14-32(15-13-31)22-11-10-18(2)16-19(22)3)29-28(34)30-25(24)20-8-7-9-23(35-4)26(20)36-5/h7-11,16,25H,6,12-15,17H2,1-5H3,(H2,29,30,34). The van der Waals surface area contributed by atoms with Crippen molar-refractivity contribution < 1.29 is 23.8 Å². The smallest absolute Gasteiger partial charge is 0.338 e. The zero-order valence-corrected chi connectivity index (χ0v) is 22.2. The van der Waals surface area contributed by atoms with Crippen molar-refractivity contribution in [3.05, 3.63) is 64.4 Å². The number of amides is 2. The Morgan fingerprint density at radius 2 is 1.81 bits per heavy atom. The van der Waals surface area contributed by atoms with Crippen molar-refractivity contribution in [2.75, 3.05) is 58.5 Å². The van der Waals surface area contributed by atoms with Gasteiger partial charge in [-0.3, -0.25) is 4.90 Å². The molecule has 198 valence electrons. The Morgan fingerprint density at radius 3 is 2.46 bits per heavy atom. The molecule has 9 heteroatoms. The van der Waals surface area contributed by atoms with E-state index in [1.807, 2.05) is 6.07 Å². The fraction of sp³-hybridized carbons (Fsp3) is 0.429. The molecule has 9 nitrogen and oxygen atoms in total. The molecule has 2 aromatic rings. The number of hydrogen-bond acceptors (Lipinski definition) is 7. The van der Waals surface area contributed by atoms with E-state index in [-0.39, 0.29) is 12.6 Å². The molecule has 1 atom stereocenters. The molecule has 37 heavy (non-hydrogen) atoms. The number of hydrogen-bond donors (Lipinski definition) is 2. The van der Waals surface area contributed by atoms with Crippen LogP contribution in [0, 0.1) is 13.8 Å². The lowest BCUT2D eigenvalue weighted by atomic mass is 9.93. The molecule has 0 bridgehead atoms. The lowest BCUT2D eigenvalue weighted by Crippen LogP contribution is -2.52. The lowest BCUT2D eigenvalue weighted by Gasteiger charge is -2.38. The minimum absolute atomic E-state index is 0.222. The van der Waals surface area contributed by atoms with Crippen LogP contribution in [0.25, 0.3) is 0 Å². The second-order valence-electron chi connectivity index (χ2n) is 9.28. The van der Waals surface area contributed by atoms with Crippen LogP contribution in [-0.2, 0) is 9.53 Å². The predicted octanol–water partition coefficient (Wildman–Crippen LogP) is 3.31. The van der Waals surface area contributed by atoms with Gasteiger partial charge in [0.25, 0.3) is 0 Å². The maximum absolute atomic E-state index is 13.2. The van der Waals surface area contributed by atoms with Crippen LogP contribution in [0.3, 0.4) is 0 Å². The Balaban J connectivity index is 1.62. The summed E-state index contributed by atoms with van der Waals surface area (Å²) in [6, 6.07) is 10.8. The summed E-state index contributed by atoms with van der Waals surface area (Å²) in [7, 11) is 3.09. The van der Waals surface area contributed by atoms with Gasteiger partial charge in [-0.15, -0.1) is 0 Å². The molecule has 2 N–H and O–H groups in total. The maximum Gasteiger partial charge on any atom is 0.338 e. The number of esters is 1. The number of urea groups is 1. The molecular formula is C28H36N4O5. The van der Waals surface area contributed by atoms with Crippen molar-refractivity contribution in [3.63, 3.8) is 0 Å². The van der Waals surface area contributed by atoms with Gasteiger partial charge < -0.3 is 29.7 Å². The second kappa shape index (κ2) is 11.6. The fourth-order valence-electron chi connectivity index (χ4n) is 5.10. The number of aryl methyl sites for hydroxylation is 2. The highest BCUT2D eigenvalue weighted by molar-refractivity contribution is 5.95. The molecular weight excluding hydrogens is 472 g/mol. The Hall–Kier alpha value is -3.72. The first-order valence-electron chi connectivity index (χ1n) is 12.6. The first kappa shape index (κ1) is 26.3. The summed E-state index contributed by atoms with van der Waals surface area (Å²) in [6.07, 6.45) is 0. The second-order valence-corrected chi connectivity index (χ2v) is 9.28. The molecule has 1 saturated heterocycles. The number of methoxy groups -OCH3 is 2. The van der Waals surface area contributed by atoms with Gasteiger partial charge in [0.2, 0.25) is 0 Å². The first-order valence-corrected chi connectivity index (χ1v) is 12.6. The number of carbonyl (C=O) groups is 2. The van der Waals surface area contributed by atoms with Crippen LogP contribution in [0.2, 0.25) is 0 Å². The molecule has 0 aliphatic carbocycles. The monoisotopic (exact) mass is 508 g/mol. The van der Waals surface area contributed by atoms with E-state index in [2.05, 4.69) is 52.5 Å². The Morgan fingerprint density at radius 1 is 1.05 bits per heavy atom. The summed E-state index contributed by atoms with van der Waals surface area (Å²) >= 11 is 0. The number of para-hydroxylation sites is 1. The molecule has 0 aromatic heterocycles. The summed E-state index contributed by atoms with van der Waals surface area (Å²) in [5.74, 6) is 0.495. The summed E-state index contributed by atoms with van der Waals surface area (Å²) < 4.78 is 16.5. The van der Waals surface area contributed by atoms with Gasteiger partial charge in [-0.05, 0) is 38.5 Å². The third-order valence-corrected chi connectivity index (χ3v) is 6.84. The third-order valence-electron chi connectivity index (χ3n) is 6.84.